The maximum absolute atomic E-state index is 5.91. The Morgan fingerprint density at radius 3 is 2.15 bits per heavy atom. The van der Waals surface area contributed by atoms with Crippen molar-refractivity contribution < 1.29 is 0 Å². The smallest absolute Gasteiger partial charge is 0.0865 e. The summed E-state index contributed by atoms with van der Waals surface area (Å²) in [6, 6.07) is 9.71. The van der Waals surface area contributed by atoms with Gasteiger partial charge in [-0.1, -0.05) is 30.3 Å². The number of benzene rings is 1. The standard InChI is InChI=1S/C10H15N3/c1-10(2,11)9(13-12)8-6-4-3-5-7-8/h3-7H,11-12H2,1-2H3. The maximum atomic E-state index is 5.91. The molecule has 0 saturated carbocycles. The van der Waals surface area contributed by atoms with E-state index in [9.17, 15) is 0 Å². The largest absolute Gasteiger partial charge is 0.323 e. The molecule has 4 N–H and O–H groups in total. The third-order valence-electron chi connectivity index (χ3n) is 1.79. The summed E-state index contributed by atoms with van der Waals surface area (Å²) >= 11 is 0. The third kappa shape index (κ3) is 2.29. The van der Waals surface area contributed by atoms with Gasteiger partial charge in [0.25, 0.3) is 0 Å². The molecule has 13 heavy (non-hydrogen) atoms. The lowest BCUT2D eigenvalue weighted by atomic mass is 9.93. The van der Waals surface area contributed by atoms with E-state index in [0.717, 1.165) is 5.56 Å². The molecule has 1 aromatic rings. The Morgan fingerprint density at radius 1 is 1.23 bits per heavy atom. The fourth-order valence-electron chi connectivity index (χ4n) is 1.21. The summed E-state index contributed by atoms with van der Waals surface area (Å²) in [6.07, 6.45) is 0. The van der Waals surface area contributed by atoms with Gasteiger partial charge < -0.3 is 11.6 Å². The van der Waals surface area contributed by atoms with Crippen LogP contribution in [0, 0.1) is 0 Å². The number of nitrogens with zero attached hydrogens (tertiary/aromatic N) is 1. The highest BCUT2D eigenvalue weighted by molar-refractivity contribution is 6.06. The fraction of sp³-hybridized carbons (Fsp3) is 0.300. The van der Waals surface area contributed by atoms with E-state index >= 15 is 0 Å². The molecule has 70 valence electrons. The Bertz CT molecular complexity index is 296. The summed E-state index contributed by atoms with van der Waals surface area (Å²) in [5, 5.41) is 3.72. The molecular weight excluding hydrogens is 162 g/mol. The van der Waals surface area contributed by atoms with Crippen LogP contribution < -0.4 is 11.6 Å². The minimum absolute atomic E-state index is 0.504. The van der Waals surface area contributed by atoms with Crippen molar-refractivity contribution in [2.45, 2.75) is 19.4 Å². The Morgan fingerprint density at radius 2 is 1.77 bits per heavy atom. The van der Waals surface area contributed by atoms with Crippen molar-refractivity contribution in [1.82, 2.24) is 0 Å². The molecule has 1 rings (SSSR count). The molecule has 0 bridgehead atoms. The van der Waals surface area contributed by atoms with Crippen molar-refractivity contribution in [1.29, 1.82) is 0 Å². The molecule has 0 atom stereocenters. The van der Waals surface area contributed by atoms with Gasteiger partial charge >= 0.3 is 0 Å². The number of nitrogens with two attached hydrogens (primary N) is 2. The highest BCUT2D eigenvalue weighted by atomic mass is 15.1. The SMILES string of the molecule is CC(C)(N)C(=NN)c1ccccc1. The lowest BCUT2D eigenvalue weighted by Crippen LogP contribution is -2.42. The molecule has 0 saturated heterocycles. The van der Waals surface area contributed by atoms with Crippen molar-refractivity contribution in [2.24, 2.45) is 16.7 Å². The lowest BCUT2D eigenvalue weighted by Gasteiger charge is -2.20. The minimum atomic E-state index is -0.504. The van der Waals surface area contributed by atoms with Crippen molar-refractivity contribution in [3.8, 4) is 0 Å². The molecule has 0 unspecified atom stereocenters. The summed E-state index contributed by atoms with van der Waals surface area (Å²) < 4.78 is 0. The molecule has 0 aliphatic rings. The molecule has 0 aliphatic carbocycles. The number of hydrogen-bond acceptors (Lipinski definition) is 3. The Labute approximate surface area is 78.4 Å². The van der Waals surface area contributed by atoms with Gasteiger partial charge in [-0.05, 0) is 19.4 Å². The lowest BCUT2D eigenvalue weighted by molar-refractivity contribution is 0.696. The molecule has 0 fully saturated rings. The zero-order valence-corrected chi connectivity index (χ0v) is 7.99. The molecule has 0 spiro atoms. The van der Waals surface area contributed by atoms with Gasteiger partial charge in [-0.3, -0.25) is 0 Å². The van der Waals surface area contributed by atoms with Crippen LogP contribution in [-0.2, 0) is 0 Å². The molecule has 0 aliphatic heterocycles. The van der Waals surface area contributed by atoms with Gasteiger partial charge in [-0.25, -0.2) is 0 Å². The summed E-state index contributed by atoms with van der Waals surface area (Å²) in [6.45, 7) is 3.76. The second-order valence-electron chi connectivity index (χ2n) is 3.57. The van der Waals surface area contributed by atoms with Crippen LogP contribution in [0.15, 0.2) is 35.4 Å². The van der Waals surface area contributed by atoms with E-state index in [0.29, 0.717) is 5.71 Å². The van der Waals surface area contributed by atoms with Crippen LogP contribution in [0.1, 0.15) is 19.4 Å². The number of rotatable bonds is 2. The fourth-order valence-corrected chi connectivity index (χ4v) is 1.21. The van der Waals surface area contributed by atoms with Crippen LogP contribution in [-0.4, -0.2) is 11.3 Å². The zero-order valence-electron chi connectivity index (χ0n) is 7.99. The molecule has 0 aromatic heterocycles. The highest BCUT2D eigenvalue weighted by Crippen LogP contribution is 2.10. The van der Waals surface area contributed by atoms with E-state index in [1.807, 2.05) is 44.2 Å². The normalized spacial score (nSPS) is 13.0. The first-order chi connectivity index (χ1) is 6.05. The van der Waals surface area contributed by atoms with Crippen molar-refractivity contribution in [3.63, 3.8) is 0 Å². The Balaban J connectivity index is 3.08. The summed E-state index contributed by atoms with van der Waals surface area (Å²) in [7, 11) is 0. The van der Waals surface area contributed by atoms with Crippen molar-refractivity contribution >= 4 is 5.71 Å². The molecule has 0 amide bonds. The first-order valence-electron chi connectivity index (χ1n) is 4.18. The van der Waals surface area contributed by atoms with Crippen LogP contribution in [0.25, 0.3) is 0 Å². The van der Waals surface area contributed by atoms with E-state index in [2.05, 4.69) is 5.10 Å². The Kier molecular flexibility index (Phi) is 2.68. The molecule has 0 radical (unpaired) electrons. The zero-order chi connectivity index (χ0) is 9.90. The number of hydrazone groups is 1. The molecule has 1 aromatic carbocycles. The second kappa shape index (κ2) is 3.58. The van der Waals surface area contributed by atoms with E-state index in [-0.39, 0.29) is 0 Å². The molecule has 0 heterocycles. The maximum Gasteiger partial charge on any atom is 0.0865 e. The summed E-state index contributed by atoms with van der Waals surface area (Å²) in [4.78, 5) is 0. The van der Waals surface area contributed by atoms with Gasteiger partial charge in [0.05, 0.1) is 11.3 Å². The van der Waals surface area contributed by atoms with Crippen LogP contribution in [0.4, 0.5) is 0 Å². The van der Waals surface area contributed by atoms with Gasteiger partial charge in [-0.2, -0.15) is 5.10 Å². The van der Waals surface area contributed by atoms with Crippen LogP contribution in [0.5, 0.6) is 0 Å². The van der Waals surface area contributed by atoms with E-state index in [4.69, 9.17) is 11.6 Å². The highest BCUT2D eigenvalue weighted by Gasteiger charge is 2.20. The van der Waals surface area contributed by atoms with Gasteiger partial charge in [0.15, 0.2) is 0 Å². The first-order valence-corrected chi connectivity index (χ1v) is 4.18. The molecule has 3 heteroatoms. The monoisotopic (exact) mass is 177 g/mol. The number of hydrogen-bond donors (Lipinski definition) is 2. The van der Waals surface area contributed by atoms with E-state index in [1.165, 1.54) is 0 Å². The molecular formula is C10H15N3. The predicted molar refractivity (Wildman–Crippen MR) is 55.4 cm³/mol. The average Bonchev–Trinajstić information content (AvgIpc) is 2.05. The van der Waals surface area contributed by atoms with Crippen LogP contribution in [0.3, 0.4) is 0 Å². The third-order valence-corrected chi connectivity index (χ3v) is 1.79. The summed E-state index contributed by atoms with van der Waals surface area (Å²) in [5.74, 6) is 5.30. The van der Waals surface area contributed by atoms with Gasteiger partial charge in [0, 0.05) is 0 Å². The topological polar surface area (TPSA) is 64.4 Å². The van der Waals surface area contributed by atoms with Gasteiger partial charge in [0.1, 0.15) is 0 Å². The Hall–Kier alpha value is -1.35. The van der Waals surface area contributed by atoms with E-state index < -0.39 is 5.54 Å². The van der Waals surface area contributed by atoms with Gasteiger partial charge in [0.2, 0.25) is 0 Å². The quantitative estimate of drug-likeness (QED) is 0.403. The molecule has 3 nitrogen and oxygen atoms in total. The first kappa shape index (κ1) is 9.74. The van der Waals surface area contributed by atoms with Crippen LogP contribution >= 0.6 is 0 Å². The average molecular weight is 177 g/mol. The van der Waals surface area contributed by atoms with Crippen LogP contribution in [0.2, 0.25) is 0 Å². The van der Waals surface area contributed by atoms with E-state index in [1.54, 1.807) is 0 Å². The summed E-state index contributed by atoms with van der Waals surface area (Å²) in [5.41, 5.74) is 7.09. The minimum Gasteiger partial charge on any atom is -0.323 e. The predicted octanol–water partition coefficient (Wildman–Crippen LogP) is 1.09. The van der Waals surface area contributed by atoms with Crippen molar-refractivity contribution in [2.75, 3.05) is 0 Å². The second-order valence-corrected chi connectivity index (χ2v) is 3.57. The van der Waals surface area contributed by atoms with Gasteiger partial charge in [-0.15, -0.1) is 0 Å². The van der Waals surface area contributed by atoms with Crippen molar-refractivity contribution in [3.05, 3.63) is 35.9 Å².